The van der Waals surface area contributed by atoms with E-state index in [4.69, 9.17) is 5.11 Å². The Morgan fingerprint density at radius 2 is 1.87 bits per heavy atom. The van der Waals surface area contributed by atoms with E-state index >= 15 is 0 Å². The second-order valence-corrected chi connectivity index (χ2v) is 7.12. The van der Waals surface area contributed by atoms with Crippen LogP contribution in [0.2, 0.25) is 0 Å². The molecule has 5 nitrogen and oxygen atoms in total. The van der Waals surface area contributed by atoms with Crippen molar-refractivity contribution >= 4 is 10.8 Å². The molecule has 0 bridgehead atoms. The summed E-state index contributed by atoms with van der Waals surface area (Å²) >= 11 is 0. The van der Waals surface area contributed by atoms with Gasteiger partial charge >= 0.3 is 6.18 Å². The topological polar surface area (TPSA) is 68.0 Å². The molecule has 3 aromatic rings. The van der Waals surface area contributed by atoms with Gasteiger partial charge in [-0.1, -0.05) is 19.8 Å². The fourth-order valence-corrected chi connectivity index (χ4v) is 3.12. The van der Waals surface area contributed by atoms with Crippen molar-refractivity contribution in [2.75, 3.05) is 0 Å². The number of hydrogen-bond donors (Lipinski definition) is 1. The molecule has 3 rings (SSSR count). The van der Waals surface area contributed by atoms with Crippen molar-refractivity contribution in [2.24, 2.45) is 0 Å². The van der Waals surface area contributed by atoms with E-state index in [1.807, 2.05) is 0 Å². The molecule has 0 fully saturated rings. The molecule has 0 spiro atoms. The highest BCUT2D eigenvalue weighted by atomic mass is 19.4. The predicted octanol–water partition coefficient (Wildman–Crippen LogP) is 4.25. The third kappa shape index (κ3) is 4.84. The minimum absolute atomic E-state index is 0.0215. The number of alkyl halides is 3. The van der Waals surface area contributed by atoms with Crippen LogP contribution in [-0.2, 0) is 13.0 Å². The van der Waals surface area contributed by atoms with Crippen LogP contribution in [0.5, 0.6) is 0 Å². The Balaban J connectivity index is 1.88. The second kappa shape index (κ2) is 8.91. The molecule has 0 amide bonds. The van der Waals surface area contributed by atoms with Gasteiger partial charge in [0, 0.05) is 31.6 Å². The molecular weight excluding hydrogens is 402 g/mol. The summed E-state index contributed by atoms with van der Waals surface area (Å²) in [4.78, 5) is 20.5. The van der Waals surface area contributed by atoms with Gasteiger partial charge < -0.3 is 9.67 Å². The largest absolute Gasteiger partial charge is 0.414 e. The van der Waals surface area contributed by atoms with Crippen molar-refractivity contribution < 1.29 is 22.7 Å². The van der Waals surface area contributed by atoms with Gasteiger partial charge in [-0.2, -0.15) is 13.2 Å². The van der Waals surface area contributed by atoms with E-state index < -0.39 is 24.5 Å². The second-order valence-electron chi connectivity index (χ2n) is 7.12. The molecule has 1 atom stereocenters. The van der Waals surface area contributed by atoms with Crippen LogP contribution in [-0.4, -0.2) is 31.9 Å². The molecule has 160 valence electrons. The average molecular weight is 423 g/mol. The Hall–Kier alpha value is -2.81. The van der Waals surface area contributed by atoms with Crippen LogP contribution in [0.1, 0.15) is 31.7 Å². The first-order valence-corrected chi connectivity index (χ1v) is 9.59. The van der Waals surface area contributed by atoms with Crippen molar-refractivity contribution in [1.82, 2.24) is 14.5 Å². The van der Waals surface area contributed by atoms with Crippen LogP contribution in [0.4, 0.5) is 17.6 Å². The van der Waals surface area contributed by atoms with Crippen molar-refractivity contribution in [2.45, 2.75) is 51.4 Å². The minimum Gasteiger partial charge on any atom is -0.383 e. The third-order valence-corrected chi connectivity index (χ3v) is 4.82. The number of aliphatic hydroxyl groups excluding tert-OH is 1. The highest BCUT2D eigenvalue weighted by molar-refractivity contribution is 5.85. The van der Waals surface area contributed by atoms with Gasteiger partial charge in [-0.05, 0) is 35.6 Å². The normalized spacial score (nSPS) is 13.0. The first-order chi connectivity index (χ1) is 14.2. The fourth-order valence-electron chi connectivity index (χ4n) is 3.12. The van der Waals surface area contributed by atoms with E-state index in [1.54, 1.807) is 16.8 Å². The first-order valence-electron chi connectivity index (χ1n) is 9.59. The lowest BCUT2D eigenvalue weighted by molar-refractivity contribution is -0.203. The number of pyridine rings is 1. The van der Waals surface area contributed by atoms with Crippen LogP contribution in [0, 0.1) is 5.82 Å². The molecular formula is C21H21F4N3O2. The Kier molecular flexibility index (Phi) is 6.50. The zero-order valence-electron chi connectivity index (χ0n) is 16.3. The zero-order chi connectivity index (χ0) is 21.9. The van der Waals surface area contributed by atoms with E-state index in [9.17, 15) is 22.4 Å². The molecule has 30 heavy (non-hydrogen) atoms. The van der Waals surface area contributed by atoms with E-state index in [1.165, 1.54) is 6.07 Å². The monoisotopic (exact) mass is 423 g/mol. The number of fused-ring (bicyclic) bond motifs is 1. The molecule has 0 aliphatic rings. The van der Waals surface area contributed by atoms with Gasteiger partial charge in [0.25, 0.3) is 5.56 Å². The highest BCUT2D eigenvalue weighted by Crippen LogP contribution is 2.25. The van der Waals surface area contributed by atoms with Crippen LogP contribution >= 0.6 is 0 Å². The van der Waals surface area contributed by atoms with Crippen LogP contribution in [0.15, 0.2) is 41.6 Å². The predicted molar refractivity (Wildman–Crippen MR) is 104 cm³/mol. The van der Waals surface area contributed by atoms with E-state index in [0.717, 1.165) is 37.7 Å². The highest BCUT2D eigenvalue weighted by Gasteiger charge is 2.38. The van der Waals surface area contributed by atoms with Gasteiger partial charge in [0.05, 0.1) is 10.9 Å². The molecule has 2 aromatic heterocycles. The summed E-state index contributed by atoms with van der Waals surface area (Å²) in [5, 5.41) is 9.89. The number of aryl methyl sites for hydroxylation is 1. The Labute approximate surface area is 170 Å². The molecule has 1 N–H and O–H groups in total. The summed E-state index contributed by atoms with van der Waals surface area (Å²) in [6.07, 6.45) is -1.20. The van der Waals surface area contributed by atoms with E-state index in [0.29, 0.717) is 11.9 Å². The van der Waals surface area contributed by atoms with Crippen molar-refractivity contribution in [3.05, 3.63) is 58.5 Å². The van der Waals surface area contributed by atoms with Gasteiger partial charge in [-0.3, -0.25) is 4.79 Å². The summed E-state index contributed by atoms with van der Waals surface area (Å²) in [5.41, 5.74) is -0.181. The average Bonchev–Trinajstić information content (AvgIpc) is 2.70. The van der Waals surface area contributed by atoms with Crippen molar-refractivity contribution in [1.29, 1.82) is 0 Å². The summed E-state index contributed by atoms with van der Waals surface area (Å²) in [6.45, 7) is 2.62. The summed E-state index contributed by atoms with van der Waals surface area (Å²) in [7, 11) is 0. The summed E-state index contributed by atoms with van der Waals surface area (Å²) in [5.74, 6) is -0.722. The maximum absolute atomic E-state index is 14.7. The number of halogens is 4. The summed E-state index contributed by atoms with van der Waals surface area (Å²) < 4.78 is 53.6. The quantitative estimate of drug-likeness (QED) is 0.456. The number of aliphatic hydroxyl groups is 1. The molecule has 1 unspecified atom stereocenters. The van der Waals surface area contributed by atoms with Gasteiger partial charge in [0.2, 0.25) is 0 Å². The maximum atomic E-state index is 14.7. The molecule has 0 saturated heterocycles. The number of nitrogens with zero attached hydrogens (tertiary/aromatic N) is 3. The standard InChI is InChI=1S/C21H21F4N3O2/c1-2-3-4-6-28-7-5-14-9-16(17(22)10-15(14)20(28)30)19-26-11-13(12-27-19)8-18(29)21(23,24)25/h5,7,9-12,18,29H,2-4,6,8H2,1H3. The van der Waals surface area contributed by atoms with E-state index in [2.05, 4.69) is 16.9 Å². The number of hydrogen-bond acceptors (Lipinski definition) is 4. The molecule has 0 aliphatic carbocycles. The lowest BCUT2D eigenvalue weighted by Gasteiger charge is -2.14. The summed E-state index contributed by atoms with van der Waals surface area (Å²) in [6, 6.07) is 4.29. The number of rotatable bonds is 7. The Bertz CT molecular complexity index is 1080. The Morgan fingerprint density at radius 1 is 1.17 bits per heavy atom. The number of unbranched alkanes of at least 4 members (excludes halogenated alkanes) is 2. The molecule has 9 heteroatoms. The molecule has 0 radical (unpaired) electrons. The maximum Gasteiger partial charge on any atom is 0.414 e. The third-order valence-electron chi connectivity index (χ3n) is 4.82. The minimum atomic E-state index is -4.74. The molecule has 0 saturated carbocycles. The number of aromatic nitrogens is 3. The van der Waals surface area contributed by atoms with Crippen molar-refractivity contribution in [3.8, 4) is 11.4 Å². The zero-order valence-corrected chi connectivity index (χ0v) is 16.3. The van der Waals surface area contributed by atoms with Gasteiger partial charge in [-0.25, -0.2) is 14.4 Å². The fraction of sp³-hybridized carbons (Fsp3) is 0.381. The van der Waals surface area contributed by atoms with Crippen LogP contribution in [0.3, 0.4) is 0 Å². The van der Waals surface area contributed by atoms with Crippen LogP contribution < -0.4 is 5.56 Å². The van der Waals surface area contributed by atoms with Gasteiger partial charge in [0.1, 0.15) is 5.82 Å². The molecule has 1 aromatic carbocycles. The lowest BCUT2D eigenvalue weighted by atomic mass is 10.1. The first kappa shape index (κ1) is 21.9. The Morgan fingerprint density at radius 3 is 2.50 bits per heavy atom. The smallest absolute Gasteiger partial charge is 0.383 e. The molecule has 2 heterocycles. The van der Waals surface area contributed by atoms with Gasteiger partial charge in [-0.15, -0.1) is 0 Å². The van der Waals surface area contributed by atoms with Gasteiger partial charge in [0.15, 0.2) is 11.9 Å². The van der Waals surface area contributed by atoms with E-state index in [-0.39, 0.29) is 27.9 Å². The number of benzene rings is 1. The van der Waals surface area contributed by atoms with Crippen molar-refractivity contribution in [3.63, 3.8) is 0 Å². The lowest BCUT2D eigenvalue weighted by Crippen LogP contribution is -2.30. The molecule has 0 aliphatic heterocycles. The van der Waals surface area contributed by atoms with Crippen LogP contribution in [0.25, 0.3) is 22.2 Å². The SMILES string of the molecule is CCCCCn1ccc2cc(-c3ncc(CC(O)C(F)(F)F)cn3)c(F)cc2c1=O.